The maximum absolute atomic E-state index is 8.90. The van der Waals surface area contributed by atoms with Gasteiger partial charge in [-0.05, 0) is 81.4 Å². The number of benzene rings is 1. The molecule has 0 atom stereocenters. The van der Waals surface area contributed by atoms with Gasteiger partial charge in [-0.3, -0.25) is 0 Å². The molecule has 0 unspecified atom stereocenters. The van der Waals surface area contributed by atoms with Gasteiger partial charge >= 0.3 is 0 Å². The highest BCUT2D eigenvalue weighted by Crippen LogP contribution is 2.39. The third kappa shape index (κ3) is 8.56. The molecule has 0 aliphatic heterocycles. The van der Waals surface area contributed by atoms with E-state index >= 15 is 0 Å². The predicted octanol–water partition coefficient (Wildman–Crippen LogP) is 5.65. The summed E-state index contributed by atoms with van der Waals surface area (Å²) < 4.78 is 9.95. The zero-order chi connectivity index (χ0) is 15.1. The average Bonchev–Trinajstić information content (AvgIpc) is 2.34. The van der Waals surface area contributed by atoms with Crippen LogP contribution in [-0.4, -0.2) is 15.3 Å². The first-order chi connectivity index (χ1) is 8.76. The van der Waals surface area contributed by atoms with Crippen LogP contribution < -0.4 is 9.47 Å². The summed E-state index contributed by atoms with van der Waals surface area (Å²) >= 11 is 15.8. The van der Waals surface area contributed by atoms with Gasteiger partial charge in [-0.15, -0.1) is 0 Å². The first-order valence-electron chi connectivity index (χ1n) is 4.73. The molecule has 0 spiro atoms. The molecule has 1 aromatic carbocycles. The molecular formula is C11H10Br5NO2. The second-order valence-corrected chi connectivity index (χ2v) is 14.8. The van der Waals surface area contributed by atoms with Crippen molar-refractivity contribution >= 4 is 79.6 Å². The standard InChI is InChI=1S/C10H10BrNO2.CBr4/c1-13-9-3-7(5-11)4-10(14-2)8(9)6-12;2-1(3,4)5/h3-4H,5H2,1-2H3;. The molecule has 0 bridgehead atoms. The van der Waals surface area contributed by atoms with Crippen molar-refractivity contribution in [2.75, 3.05) is 14.2 Å². The molecule has 0 aliphatic rings. The maximum Gasteiger partial charge on any atom is 0.189 e. The fourth-order valence-corrected chi connectivity index (χ4v) is 1.48. The summed E-state index contributed by atoms with van der Waals surface area (Å²) in [5.74, 6) is 1.09. The number of halogens is 5. The van der Waals surface area contributed by atoms with Crippen molar-refractivity contribution in [3.8, 4) is 17.6 Å². The summed E-state index contributed by atoms with van der Waals surface area (Å²) in [6.45, 7) is 0. The monoisotopic (exact) mass is 583 g/mol. The van der Waals surface area contributed by atoms with E-state index in [1.807, 2.05) is 12.1 Å². The van der Waals surface area contributed by atoms with Gasteiger partial charge in [0.05, 0.1) is 14.2 Å². The molecule has 0 amide bonds. The van der Waals surface area contributed by atoms with Gasteiger partial charge < -0.3 is 9.47 Å². The first kappa shape index (κ1) is 19.7. The molecule has 8 heteroatoms. The van der Waals surface area contributed by atoms with Gasteiger partial charge in [-0.25, -0.2) is 0 Å². The Morgan fingerprint density at radius 3 is 1.68 bits per heavy atom. The van der Waals surface area contributed by atoms with Crippen molar-refractivity contribution in [3.63, 3.8) is 0 Å². The van der Waals surface area contributed by atoms with Crippen LogP contribution in [0.25, 0.3) is 0 Å². The number of ether oxygens (including phenoxy) is 2. The Morgan fingerprint density at radius 2 is 1.47 bits per heavy atom. The van der Waals surface area contributed by atoms with E-state index in [2.05, 4.69) is 85.7 Å². The van der Waals surface area contributed by atoms with Crippen LogP contribution in [0.4, 0.5) is 0 Å². The maximum atomic E-state index is 8.90. The number of rotatable bonds is 3. The van der Waals surface area contributed by atoms with Crippen LogP contribution in [0.15, 0.2) is 12.1 Å². The molecule has 0 aliphatic carbocycles. The Kier molecular flexibility index (Phi) is 9.97. The summed E-state index contributed by atoms with van der Waals surface area (Å²) in [7, 11) is 3.07. The van der Waals surface area contributed by atoms with E-state index in [-0.39, 0.29) is 1.05 Å². The van der Waals surface area contributed by atoms with Crippen molar-refractivity contribution in [1.29, 1.82) is 5.26 Å². The molecular weight excluding hydrogens is 578 g/mol. The third-order valence-electron chi connectivity index (χ3n) is 1.83. The van der Waals surface area contributed by atoms with Crippen molar-refractivity contribution in [2.45, 2.75) is 6.38 Å². The second kappa shape index (κ2) is 9.61. The lowest BCUT2D eigenvalue weighted by Crippen LogP contribution is -1.95. The lowest BCUT2D eigenvalue weighted by Gasteiger charge is -2.09. The van der Waals surface area contributed by atoms with Gasteiger partial charge in [0.15, 0.2) is 1.05 Å². The molecule has 0 aromatic heterocycles. The molecule has 0 fully saturated rings. The van der Waals surface area contributed by atoms with Crippen LogP contribution in [0.5, 0.6) is 11.5 Å². The van der Waals surface area contributed by atoms with Gasteiger partial charge in [-0.1, -0.05) is 15.9 Å². The highest BCUT2D eigenvalue weighted by molar-refractivity contribution is 9.52. The Morgan fingerprint density at radius 1 is 1.11 bits per heavy atom. The van der Waals surface area contributed by atoms with E-state index in [1.54, 1.807) is 0 Å². The summed E-state index contributed by atoms with van der Waals surface area (Å²) in [6.07, 6.45) is 0. The largest absolute Gasteiger partial charge is 0.495 e. The van der Waals surface area contributed by atoms with E-state index in [1.165, 1.54) is 14.2 Å². The SMILES string of the molecule is BrC(Br)(Br)Br.COc1cc(CBr)cc(OC)c1C#N. The topological polar surface area (TPSA) is 42.2 Å². The number of hydrogen-bond donors (Lipinski definition) is 0. The Bertz CT molecular complexity index is 422. The van der Waals surface area contributed by atoms with Crippen molar-refractivity contribution < 1.29 is 9.47 Å². The van der Waals surface area contributed by atoms with Crippen molar-refractivity contribution in [2.24, 2.45) is 0 Å². The molecule has 1 rings (SSSR count). The lowest BCUT2D eigenvalue weighted by atomic mass is 10.1. The average molecular weight is 588 g/mol. The molecule has 0 N–H and O–H groups in total. The number of nitrogens with zero attached hydrogens (tertiary/aromatic N) is 1. The Labute approximate surface area is 154 Å². The molecule has 19 heavy (non-hydrogen) atoms. The van der Waals surface area contributed by atoms with Crippen LogP contribution in [0.2, 0.25) is 0 Å². The summed E-state index contributed by atoms with van der Waals surface area (Å²) in [5.41, 5.74) is 1.44. The van der Waals surface area contributed by atoms with E-state index in [0.717, 1.165) is 5.56 Å². The van der Waals surface area contributed by atoms with Gasteiger partial charge in [0.25, 0.3) is 0 Å². The number of hydrogen-bond acceptors (Lipinski definition) is 3. The third-order valence-corrected chi connectivity index (χ3v) is 2.48. The highest BCUT2D eigenvalue weighted by atomic mass is 80.0. The number of nitriles is 1. The summed E-state index contributed by atoms with van der Waals surface area (Å²) in [5, 5.41) is 9.60. The van der Waals surface area contributed by atoms with Gasteiger partial charge in [0.1, 0.15) is 23.1 Å². The minimum Gasteiger partial charge on any atom is -0.495 e. The summed E-state index contributed by atoms with van der Waals surface area (Å²) in [6, 6.07) is 5.68. The quantitative estimate of drug-likeness (QED) is 0.430. The van der Waals surface area contributed by atoms with Crippen LogP contribution in [0, 0.1) is 11.3 Å². The molecule has 0 heterocycles. The van der Waals surface area contributed by atoms with Gasteiger partial charge in [0.2, 0.25) is 0 Å². The Hall–Kier alpha value is 0.710. The normalized spacial score (nSPS) is 10.0. The van der Waals surface area contributed by atoms with Crippen molar-refractivity contribution in [3.05, 3.63) is 23.3 Å². The molecule has 0 saturated heterocycles. The number of alkyl halides is 5. The van der Waals surface area contributed by atoms with Crippen LogP contribution in [0.1, 0.15) is 11.1 Å². The minimum atomic E-state index is -0.250. The van der Waals surface area contributed by atoms with Crippen LogP contribution in [-0.2, 0) is 5.33 Å². The van der Waals surface area contributed by atoms with E-state index in [9.17, 15) is 0 Å². The molecule has 106 valence electrons. The fraction of sp³-hybridized carbons (Fsp3) is 0.364. The van der Waals surface area contributed by atoms with Crippen LogP contribution >= 0.6 is 79.6 Å². The molecule has 3 nitrogen and oxygen atoms in total. The highest BCUT2D eigenvalue weighted by Gasteiger charge is 2.11. The summed E-state index contributed by atoms with van der Waals surface area (Å²) in [4.78, 5) is 0. The lowest BCUT2D eigenvalue weighted by molar-refractivity contribution is 0.391. The molecule has 1 aromatic rings. The first-order valence-corrected chi connectivity index (χ1v) is 9.02. The zero-order valence-corrected chi connectivity index (χ0v) is 17.9. The molecule has 0 radical (unpaired) electrons. The zero-order valence-electron chi connectivity index (χ0n) is 10.0. The molecule has 0 saturated carbocycles. The number of methoxy groups -OCH3 is 2. The van der Waals surface area contributed by atoms with Crippen molar-refractivity contribution in [1.82, 2.24) is 0 Å². The van der Waals surface area contributed by atoms with Gasteiger partial charge in [-0.2, -0.15) is 5.26 Å². The van der Waals surface area contributed by atoms with Gasteiger partial charge in [0, 0.05) is 5.33 Å². The van der Waals surface area contributed by atoms with E-state index in [0.29, 0.717) is 22.4 Å². The van der Waals surface area contributed by atoms with E-state index in [4.69, 9.17) is 14.7 Å². The predicted molar refractivity (Wildman–Crippen MR) is 95.3 cm³/mol. The van der Waals surface area contributed by atoms with E-state index < -0.39 is 0 Å². The smallest absolute Gasteiger partial charge is 0.189 e. The second-order valence-electron chi connectivity index (χ2n) is 3.05. The Balaban J connectivity index is 0.000000555. The van der Waals surface area contributed by atoms with Crippen LogP contribution in [0.3, 0.4) is 0 Å². The minimum absolute atomic E-state index is 0.250. The fourth-order valence-electron chi connectivity index (χ4n) is 1.15.